The first-order valence-electron chi connectivity index (χ1n) is 15.7. The van der Waals surface area contributed by atoms with Gasteiger partial charge in [-0.2, -0.15) is 10.0 Å². The van der Waals surface area contributed by atoms with E-state index in [2.05, 4.69) is 33.0 Å². The van der Waals surface area contributed by atoms with Gasteiger partial charge in [-0.3, -0.25) is 19.2 Å². The Morgan fingerprint density at radius 1 is 0.977 bits per heavy atom. The number of carbonyl (C=O) groups is 5. The number of carboxylic acids is 1. The molecule has 1 saturated carbocycles. The van der Waals surface area contributed by atoms with E-state index in [1.165, 1.54) is 5.01 Å². The number of urea groups is 1. The fourth-order valence-corrected chi connectivity index (χ4v) is 6.73. The van der Waals surface area contributed by atoms with Gasteiger partial charge >= 0.3 is 12.0 Å². The Hall–Kier alpha value is -4.21. The van der Waals surface area contributed by atoms with Gasteiger partial charge in [0.05, 0.1) is 23.2 Å². The summed E-state index contributed by atoms with van der Waals surface area (Å²) >= 11 is 0. The topological polar surface area (TPSA) is 127 Å². The van der Waals surface area contributed by atoms with Crippen LogP contribution >= 0.6 is 0 Å². The molecule has 2 N–H and O–H groups in total. The van der Waals surface area contributed by atoms with Crippen LogP contribution in [0.1, 0.15) is 115 Å². The smallest absolute Gasteiger partial charge is 0.344 e. The lowest BCUT2D eigenvalue weighted by Gasteiger charge is -2.44. The number of aliphatic carboxylic acids is 1. The highest BCUT2D eigenvalue weighted by atomic mass is 16.4. The first kappa shape index (κ1) is 31.2. The number of amides is 5. The summed E-state index contributed by atoms with van der Waals surface area (Å²) in [6.45, 7) is 9.08. The third-order valence-electron chi connectivity index (χ3n) is 9.31. The highest BCUT2D eigenvalue weighted by molar-refractivity contribution is 6.27. The van der Waals surface area contributed by atoms with Gasteiger partial charge in [0, 0.05) is 24.7 Å². The molecule has 0 aromatic heterocycles. The molecule has 0 radical (unpaired) electrons. The van der Waals surface area contributed by atoms with Crippen LogP contribution in [0.2, 0.25) is 0 Å². The summed E-state index contributed by atoms with van der Waals surface area (Å²) in [5.41, 5.74) is 3.49. The van der Waals surface area contributed by atoms with E-state index in [-0.39, 0.29) is 36.9 Å². The number of imide groups is 1. The molecule has 0 atom stereocenters. The average Bonchev–Trinajstić information content (AvgIpc) is 3.09. The first-order valence-corrected chi connectivity index (χ1v) is 15.7. The van der Waals surface area contributed by atoms with Crippen molar-refractivity contribution in [3.8, 4) is 0 Å². The predicted octanol–water partition coefficient (Wildman–Crippen LogP) is 5.79. The summed E-state index contributed by atoms with van der Waals surface area (Å²) in [5, 5.41) is 13.7. The maximum Gasteiger partial charge on any atom is 0.344 e. The number of unbranched alkanes of at least 4 members (excludes halogenated alkanes) is 1. The summed E-state index contributed by atoms with van der Waals surface area (Å²) in [6.07, 6.45) is 5.74. The Morgan fingerprint density at radius 2 is 1.66 bits per heavy atom. The second-order valence-corrected chi connectivity index (χ2v) is 13.2. The lowest BCUT2D eigenvalue weighted by molar-refractivity contribution is -0.136. The number of fused-ring (bicyclic) bond motifs is 2. The SMILES string of the molecule is CCCCc1c2ccc3c1C(=O)N(C3=O)N2C(=O)N(Cc1ccc(C(=O)NCCC(=O)O)cc1)C1CCC(C(C)(C)C)CC1. The van der Waals surface area contributed by atoms with E-state index in [9.17, 15) is 24.0 Å². The van der Waals surface area contributed by atoms with E-state index in [1.807, 2.05) is 0 Å². The minimum absolute atomic E-state index is 0.0298. The number of hydrogen-bond donors (Lipinski definition) is 2. The number of rotatable bonds is 10. The standard InChI is InChI=1S/C34H42N4O6/c1-5-6-7-25-27-17-16-26-29(25)32(43)38(31(26)42)37(27)33(44)36(24-14-12-23(13-15-24)34(2,3)4)20-21-8-10-22(11-9-21)30(41)35-19-18-28(39)40/h8-11,16-17,23-24H,5-7,12-15,18-20H2,1-4H3,(H,35,41)(H,39,40). The fraction of sp³-hybridized carbons (Fsp3) is 0.500. The van der Waals surface area contributed by atoms with Crippen molar-refractivity contribution >= 4 is 35.4 Å². The molecule has 5 rings (SSSR count). The molecule has 0 saturated heterocycles. The van der Waals surface area contributed by atoms with Crippen molar-refractivity contribution in [1.29, 1.82) is 0 Å². The van der Waals surface area contributed by atoms with Crippen LogP contribution in [0.4, 0.5) is 10.5 Å². The van der Waals surface area contributed by atoms with Crippen LogP contribution in [-0.4, -0.2) is 57.3 Å². The van der Waals surface area contributed by atoms with Gasteiger partial charge in [-0.1, -0.05) is 46.2 Å². The van der Waals surface area contributed by atoms with Crippen molar-refractivity contribution in [1.82, 2.24) is 15.2 Å². The normalized spacial score (nSPS) is 19.0. The molecule has 1 aliphatic carbocycles. The minimum atomic E-state index is -0.988. The molecule has 2 heterocycles. The van der Waals surface area contributed by atoms with Gasteiger partial charge in [0.15, 0.2) is 0 Å². The van der Waals surface area contributed by atoms with E-state index < -0.39 is 23.8 Å². The van der Waals surface area contributed by atoms with Crippen molar-refractivity contribution in [2.45, 2.75) is 91.6 Å². The maximum absolute atomic E-state index is 14.6. The number of hydrogen-bond acceptors (Lipinski definition) is 5. The Balaban J connectivity index is 1.43. The third-order valence-corrected chi connectivity index (χ3v) is 9.31. The number of carbonyl (C=O) groups excluding carboxylic acids is 4. The zero-order valence-corrected chi connectivity index (χ0v) is 26.0. The molecule has 0 spiro atoms. The molecule has 2 aliphatic heterocycles. The molecule has 10 nitrogen and oxygen atoms in total. The van der Waals surface area contributed by atoms with Crippen LogP contribution in [0.25, 0.3) is 0 Å². The lowest BCUT2D eigenvalue weighted by atomic mass is 9.71. The summed E-state index contributed by atoms with van der Waals surface area (Å²) in [7, 11) is 0. The van der Waals surface area contributed by atoms with Crippen molar-refractivity contribution < 1.29 is 29.1 Å². The molecule has 2 aromatic carbocycles. The molecule has 234 valence electrons. The number of carboxylic acid groups (broad SMARTS) is 1. The van der Waals surface area contributed by atoms with Gasteiger partial charge in [-0.25, -0.2) is 4.79 Å². The summed E-state index contributed by atoms with van der Waals surface area (Å²) in [6, 6.07) is 9.84. The Bertz CT molecular complexity index is 1470. The second-order valence-electron chi connectivity index (χ2n) is 13.2. The largest absolute Gasteiger partial charge is 0.481 e. The number of nitrogens with zero attached hydrogens (tertiary/aromatic N) is 3. The average molecular weight is 603 g/mol. The molecule has 10 heteroatoms. The Kier molecular flexibility index (Phi) is 8.81. The van der Waals surface area contributed by atoms with Crippen LogP contribution in [0.5, 0.6) is 0 Å². The van der Waals surface area contributed by atoms with E-state index >= 15 is 0 Å². The zero-order chi connectivity index (χ0) is 31.8. The highest BCUT2D eigenvalue weighted by Gasteiger charge is 2.50. The Morgan fingerprint density at radius 3 is 2.27 bits per heavy atom. The minimum Gasteiger partial charge on any atom is -0.481 e. The molecule has 0 unspecified atom stereocenters. The van der Waals surface area contributed by atoms with Crippen LogP contribution in [0.15, 0.2) is 36.4 Å². The van der Waals surface area contributed by atoms with Gasteiger partial charge in [0.1, 0.15) is 0 Å². The molecular weight excluding hydrogens is 560 g/mol. The van der Waals surface area contributed by atoms with Crippen molar-refractivity contribution in [2.75, 3.05) is 11.6 Å². The zero-order valence-electron chi connectivity index (χ0n) is 26.0. The molecular formula is C34H42N4O6. The van der Waals surface area contributed by atoms with Crippen molar-refractivity contribution in [2.24, 2.45) is 11.3 Å². The van der Waals surface area contributed by atoms with E-state index in [4.69, 9.17) is 5.11 Å². The molecule has 2 aromatic rings. The van der Waals surface area contributed by atoms with Crippen LogP contribution in [-0.2, 0) is 17.8 Å². The predicted molar refractivity (Wildman–Crippen MR) is 165 cm³/mol. The van der Waals surface area contributed by atoms with E-state index in [0.29, 0.717) is 34.7 Å². The Labute approximate surface area is 258 Å². The summed E-state index contributed by atoms with van der Waals surface area (Å²) in [5.74, 6) is -1.73. The van der Waals surface area contributed by atoms with E-state index in [0.717, 1.165) is 54.7 Å². The highest BCUT2D eigenvalue weighted by Crippen LogP contribution is 2.43. The number of benzene rings is 2. The van der Waals surface area contributed by atoms with Gasteiger partial charge in [-0.05, 0) is 85.3 Å². The second kappa shape index (κ2) is 12.4. The molecule has 5 amide bonds. The molecule has 3 bridgehead atoms. The van der Waals surface area contributed by atoms with Crippen LogP contribution in [0, 0.1) is 11.3 Å². The third kappa shape index (κ3) is 5.94. The van der Waals surface area contributed by atoms with Gasteiger partial charge in [-0.15, -0.1) is 0 Å². The van der Waals surface area contributed by atoms with E-state index in [1.54, 1.807) is 41.3 Å². The monoisotopic (exact) mass is 602 g/mol. The van der Waals surface area contributed by atoms with Crippen LogP contribution < -0.4 is 10.3 Å². The molecule has 3 aliphatic rings. The first-order chi connectivity index (χ1) is 20.9. The number of anilines is 1. The van der Waals surface area contributed by atoms with Gasteiger partial charge in [0.25, 0.3) is 17.7 Å². The number of hydrazine groups is 1. The maximum atomic E-state index is 14.6. The van der Waals surface area contributed by atoms with Crippen molar-refractivity contribution in [3.63, 3.8) is 0 Å². The number of nitrogens with one attached hydrogen (secondary N) is 1. The fourth-order valence-electron chi connectivity index (χ4n) is 6.73. The van der Waals surface area contributed by atoms with Crippen LogP contribution in [0.3, 0.4) is 0 Å². The molecule has 44 heavy (non-hydrogen) atoms. The van der Waals surface area contributed by atoms with Crippen molar-refractivity contribution in [3.05, 3.63) is 64.2 Å². The van der Waals surface area contributed by atoms with Gasteiger partial charge < -0.3 is 15.3 Å². The summed E-state index contributed by atoms with van der Waals surface area (Å²) in [4.78, 5) is 66.6. The lowest BCUT2D eigenvalue weighted by Crippen LogP contribution is -2.58. The summed E-state index contributed by atoms with van der Waals surface area (Å²) < 4.78 is 0. The van der Waals surface area contributed by atoms with Gasteiger partial charge in [0.2, 0.25) is 0 Å². The molecule has 1 fully saturated rings. The quantitative estimate of drug-likeness (QED) is 0.331.